The van der Waals surface area contributed by atoms with Crippen molar-refractivity contribution in [2.24, 2.45) is 0 Å². The molecule has 0 atom stereocenters. The third-order valence-corrected chi connectivity index (χ3v) is 4.05. The molecule has 0 fully saturated rings. The fourth-order valence-corrected chi connectivity index (χ4v) is 2.56. The van der Waals surface area contributed by atoms with E-state index in [0.29, 0.717) is 16.4 Å². The smallest absolute Gasteiger partial charge is 0.274 e. The van der Waals surface area contributed by atoms with Crippen molar-refractivity contribution in [3.8, 4) is 5.75 Å². The van der Waals surface area contributed by atoms with Gasteiger partial charge in [-0.2, -0.15) is 0 Å². The molecule has 1 heterocycles. The van der Waals surface area contributed by atoms with Gasteiger partial charge in [-0.1, -0.05) is 17.7 Å². The predicted octanol–water partition coefficient (Wildman–Crippen LogP) is 5.05. The molecule has 2 N–H and O–H groups in total. The zero-order chi connectivity index (χ0) is 18.5. The van der Waals surface area contributed by atoms with Gasteiger partial charge >= 0.3 is 0 Å². The standard InChI is InChI=1S/C20H18ClN3O2/c1-13-3-4-14(21)11-18(13)24-20(25)19-12-16(9-10-22-19)23-15-5-7-17(26-2)8-6-15/h3-12H,1-2H3,(H,22,23)(H,24,25). The molecular formula is C20H18ClN3O2. The third kappa shape index (κ3) is 4.32. The molecule has 6 heteroatoms. The molecule has 1 amide bonds. The van der Waals surface area contributed by atoms with Gasteiger partial charge in [0, 0.05) is 28.3 Å². The average Bonchev–Trinajstić information content (AvgIpc) is 2.65. The molecule has 3 rings (SSSR count). The van der Waals surface area contributed by atoms with Crippen molar-refractivity contribution in [2.45, 2.75) is 6.92 Å². The highest BCUT2D eigenvalue weighted by Gasteiger charge is 2.10. The van der Waals surface area contributed by atoms with Crippen LogP contribution in [0.15, 0.2) is 60.8 Å². The Hall–Kier alpha value is -3.05. The van der Waals surface area contributed by atoms with E-state index in [-0.39, 0.29) is 5.91 Å². The van der Waals surface area contributed by atoms with E-state index in [2.05, 4.69) is 15.6 Å². The highest BCUT2D eigenvalue weighted by molar-refractivity contribution is 6.31. The SMILES string of the molecule is COc1ccc(Nc2ccnc(C(=O)Nc3cc(Cl)ccc3C)c2)cc1. The van der Waals surface area contributed by atoms with E-state index in [0.717, 1.165) is 22.7 Å². The number of halogens is 1. The first-order valence-corrected chi connectivity index (χ1v) is 8.37. The van der Waals surface area contributed by atoms with Crippen molar-refractivity contribution in [2.75, 3.05) is 17.7 Å². The van der Waals surface area contributed by atoms with Crippen LogP contribution in [0, 0.1) is 6.92 Å². The Bertz CT molecular complexity index is 927. The van der Waals surface area contributed by atoms with E-state index >= 15 is 0 Å². The fourth-order valence-electron chi connectivity index (χ4n) is 2.39. The number of aromatic nitrogens is 1. The van der Waals surface area contributed by atoms with Crippen LogP contribution >= 0.6 is 11.6 Å². The number of nitrogens with one attached hydrogen (secondary N) is 2. The van der Waals surface area contributed by atoms with E-state index in [4.69, 9.17) is 16.3 Å². The maximum absolute atomic E-state index is 12.5. The largest absolute Gasteiger partial charge is 0.497 e. The van der Waals surface area contributed by atoms with Crippen LogP contribution in [0.4, 0.5) is 17.1 Å². The molecule has 0 aliphatic carbocycles. The van der Waals surface area contributed by atoms with Crippen LogP contribution in [0.5, 0.6) is 5.75 Å². The minimum Gasteiger partial charge on any atom is -0.497 e. The minimum absolute atomic E-state index is 0.297. The lowest BCUT2D eigenvalue weighted by Gasteiger charge is -2.10. The zero-order valence-electron chi connectivity index (χ0n) is 14.4. The molecule has 0 aliphatic heterocycles. The number of ether oxygens (including phenoxy) is 1. The summed E-state index contributed by atoms with van der Waals surface area (Å²) < 4.78 is 5.14. The molecule has 0 saturated heterocycles. The van der Waals surface area contributed by atoms with Crippen molar-refractivity contribution in [1.82, 2.24) is 4.98 Å². The molecule has 0 unspecified atom stereocenters. The van der Waals surface area contributed by atoms with Gasteiger partial charge in [-0.05, 0) is 61.0 Å². The first-order valence-electron chi connectivity index (χ1n) is 8.00. The van der Waals surface area contributed by atoms with Gasteiger partial charge in [0.05, 0.1) is 7.11 Å². The van der Waals surface area contributed by atoms with Gasteiger partial charge in [-0.15, -0.1) is 0 Å². The van der Waals surface area contributed by atoms with Crippen LogP contribution < -0.4 is 15.4 Å². The highest BCUT2D eigenvalue weighted by Crippen LogP contribution is 2.22. The summed E-state index contributed by atoms with van der Waals surface area (Å²) >= 11 is 6.00. The normalized spacial score (nSPS) is 10.3. The monoisotopic (exact) mass is 367 g/mol. The molecule has 0 saturated carbocycles. The van der Waals surface area contributed by atoms with Gasteiger partial charge in [-0.3, -0.25) is 9.78 Å². The van der Waals surface area contributed by atoms with Crippen LogP contribution in [-0.4, -0.2) is 18.0 Å². The highest BCUT2D eigenvalue weighted by atomic mass is 35.5. The molecule has 3 aromatic rings. The van der Waals surface area contributed by atoms with E-state index in [1.807, 2.05) is 37.3 Å². The van der Waals surface area contributed by atoms with Gasteiger partial charge in [0.1, 0.15) is 11.4 Å². The number of carbonyl (C=O) groups excluding carboxylic acids is 1. The summed E-state index contributed by atoms with van der Waals surface area (Å²) in [5.41, 5.74) is 3.54. The number of aryl methyl sites for hydroxylation is 1. The molecule has 26 heavy (non-hydrogen) atoms. The first-order chi connectivity index (χ1) is 12.5. The molecular weight excluding hydrogens is 350 g/mol. The van der Waals surface area contributed by atoms with Gasteiger partial charge in [0.25, 0.3) is 5.91 Å². The third-order valence-electron chi connectivity index (χ3n) is 3.82. The van der Waals surface area contributed by atoms with Gasteiger partial charge in [0.2, 0.25) is 0 Å². The second-order valence-electron chi connectivity index (χ2n) is 5.70. The number of hydrogen-bond acceptors (Lipinski definition) is 4. The minimum atomic E-state index is -0.297. The lowest BCUT2D eigenvalue weighted by Crippen LogP contribution is -2.14. The molecule has 0 radical (unpaired) electrons. The Kier molecular flexibility index (Phi) is 5.39. The summed E-state index contributed by atoms with van der Waals surface area (Å²) in [6.45, 7) is 1.90. The Balaban J connectivity index is 1.75. The summed E-state index contributed by atoms with van der Waals surface area (Å²) in [4.78, 5) is 16.7. The quantitative estimate of drug-likeness (QED) is 0.662. The summed E-state index contributed by atoms with van der Waals surface area (Å²) in [7, 11) is 1.62. The number of pyridine rings is 1. The number of hydrogen-bond donors (Lipinski definition) is 2. The Morgan fingerprint density at radius 1 is 1.04 bits per heavy atom. The van der Waals surface area contributed by atoms with E-state index in [1.165, 1.54) is 0 Å². The Labute approximate surface area is 157 Å². The van der Waals surface area contributed by atoms with Crippen molar-refractivity contribution in [3.63, 3.8) is 0 Å². The number of rotatable bonds is 5. The molecule has 0 bridgehead atoms. The predicted molar refractivity (Wildman–Crippen MR) is 105 cm³/mol. The van der Waals surface area contributed by atoms with Gasteiger partial charge in [0.15, 0.2) is 0 Å². The van der Waals surface area contributed by atoms with Crippen molar-refractivity contribution < 1.29 is 9.53 Å². The number of amides is 1. The molecule has 1 aromatic heterocycles. The van der Waals surface area contributed by atoms with Gasteiger partial charge < -0.3 is 15.4 Å². The lowest BCUT2D eigenvalue weighted by atomic mass is 10.2. The van der Waals surface area contributed by atoms with E-state index in [1.54, 1.807) is 37.6 Å². The molecule has 0 spiro atoms. The molecule has 5 nitrogen and oxygen atoms in total. The number of anilines is 3. The first kappa shape index (κ1) is 17.8. The van der Waals surface area contributed by atoms with Crippen LogP contribution in [0.1, 0.15) is 16.1 Å². The fraction of sp³-hybridized carbons (Fsp3) is 0.100. The zero-order valence-corrected chi connectivity index (χ0v) is 15.2. The van der Waals surface area contributed by atoms with Gasteiger partial charge in [-0.25, -0.2) is 0 Å². The number of nitrogens with zero attached hydrogens (tertiary/aromatic N) is 1. The maximum Gasteiger partial charge on any atom is 0.274 e. The van der Waals surface area contributed by atoms with Crippen molar-refractivity contribution in [1.29, 1.82) is 0 Å². The summed E-state index contributed by atoms with van der Waals surface area (Å²) in [5, 5.41) is 6.65. The van der Waals surface area contributed by atoms with Crippen LogP contribution in [-0.2, 0) is 0 Å². The van der Waals surface area contributed by atoms with Crippen LogP contribution in [0.25, 0.3) is 0 Å². The summed E-state index contributed by atoms with van der Waals surface area (Å²) in [5.74, 6) is 0.482. The lowest BCUT2D eigenvalue weighted by molar-refractivity contribution is 0.102. The summed E-state index contributed by atoms with van der Waals surface area (Å²) in [6.07, 6.45) is 1.59. The van der Waals surface area contributed by atoms with Crippen molar-refractivity contribution in [3.05, 3.63) is 77.1 Å². The Morgan fingerprint density at radius 3 is 2.54 bits per heavy atom. The summed E-state index contributed by atoms with van der Waals surface area (Å²) in [6, 6.07) is 16.4. The molecule has 2 aromatic carbocycles. The van der Waals surface area contributed by atoms with Crippen LogP contribution in [0.3, 0.4) is 0 Å². The number of benzene rings is 2. The second kappa shape index (κ2) is 7.89. The van der Waals surface area contributed by atoms with Crippen molar-refractivity contribution >= 4 is 34.6 Å². The topological polar surface area (TPSA) is 63.2 Å². The second-order valence-corrected chi connectivity index (χ2v) is 6.13. The molecule has 132 valence electrons. The average molecular weight is 368 g/mol. The number of carbonyl (C=O) groups is 1. The number of methoxy groups -OCH3 is 1. The molecule has 0 aliphatic rings. The van der Waals surface area contributed by atoms with E-state index in [9.17, 15) is 4.79 Å². The Morgan fingerprint density at radius 2 is 1.81 bits per heavy atom. The van der Waals surface area contributed by atoms with Crippen LogP contribution in [0.2, 0.25) is 5.02 Å². The maximum atomic E-state index is 12.5. The van der Waals surface area contributed by atoms with E-state index < -0.39 is 0 Å².